The molecule has 2 N–H and O–H groups in total. The molecule has 0 radical (unpaired) electrons. The molecule has 0 amide bonds. The lowest BCUT2D eigenvalue weighted by Crippen LogP contribution is -2.39. The number of aliphatic imine (C=N–C) groups is 1. The highest BCUT2D eigenvalue weighted by Gasteiger charge is 2.04. The van der Waals surface area contributed by atoms with Gasteiger partial charge in [0.1, 0.15) is 17.4 Å². The van der Waals surface area contributed by atoms with Crippen LogP contribution in [0.2, 0.25) is 0 Å². The molecular formula is C18H27IN4OS. The predicted molar refractivity (Wildman–Crippen MR) is 116 cm³/mol. The van der Waals surface area contributed by atoms with Crippen LogP contribution in [-0.4, -0.2) is 30.6 Å². The molecule has 1 aromatic heterocycles. The summed E-state index contributed by atoms with van der Waals surface area (Å²) in [6, 6.07) is 6.18. The molecular weight excluding hydrogens is 447 g/mol. The van der Waals surface area contributed by atoms with Gasteiger partial charge in [-0.15, -0.1) is 35.3 Å². The first-order valence-electron chi connectivity index (χ1n) is 8.22. The van der Waals surface area contributed by atoms with Crippen molar-refractivity contribution in [3.63, 3.8) is 0 Å². The van der Waals surface area contributed by atoms with Crippen molar-refractivity contribution in [1.29, 1.82) is 0 Å². The highest BCUT2D eigenvalue weighted by Crippen LogP contribution is 2.21. The van der Waals surface area contributed by atoms with E-state index in [1.54, 1.807) is 11.3 Å². The van der Waals surface area contributed by atoms with Gasteiger partial charge >= 0.3 is 0 Å². The van der Waals surface area contributed by atoms with Crippen LogP contribution in [0.1, 0.15) is 27.9 Å². The van der Waals surface area contributed by atoms with Gasteiger partial charge < -0.3 is 15.4 Å². The number of para-hydroxylation sites is 1. The molecule has 1 heterocycles. The Labute approximate surface area is 171 Å². The molecule has 0 atom stereocenters. The lowest BCUT2D eigenvalue weighted by molar-refractivity contribution is 0.317. The van der Waals surface area contributed by atoms with E-state index in [0.717, 1.165) is 34.4 Å². The van der Waals surface area contributed by atoms with Crippen molar-refractivity contribution >= 4 is 41.3 Å². The lowest BCUT2D eigenvalue weighted by Gasteiger charge is -2.14. The maximum absolute atomic E-state index is 5.91. The average molecular weight is 474 g/mol. The molecule has 0 aliphatic carbocycles. The van der Waals surface area contributed by atoms with Crippen LogP contribution in [0.4, 0.5) is 0 Å². The van der Waals surface area contributed by atoms with Gasteiger partial charge in [-0.25, -0.2) is 9.98 Å². The predicted octanol–water partition coefficient (Wildman–Crippen LogP) is 3.82. The largest absolute Gasteiger partial charge is 0.491 e. The summed E-state index contributed by atoms with van der Waals surface area (Å²) < 4.78 is 5.91. The number of aromatic nitrogens is 1. The number of hydrogen-bond donors (Lipinski definition) is 2. The minimum atomic E-state index is 0. The van der Waals surface area contributed by atoms with Crippen LogP contribution < -0.4 is 15.4 Å². The fourth-order valence-electron chi connectivity index (χ4n) is 2.31. The molecule has 0 spiro atoms. The van der Waals surface area contributed by atoms with E-state index in [1.165, 1.54) is 4.88 Å². The first-order chi connectivity index (χ1) is 11.6. The zero-order chi connectivity index (χ0) is 17.4. The lowest BCUT2D eigenvalue weighted by atomic mass is 10.1. The van der Waals surface area contributed by atoms with Crippen molar-refractivity contribution in [2.45, 2.75) is 34.2 Å². The van der Waals surface area contributed by atoms with E-state index >= 15 is 0 Å². The van der Waals surface area contributed by atoms with Crippen LogP contribution in [0, 0.1) is 20.8 Å². The number of nitrogens with zero attached hydrogens (tertiary/aromatic N) is 2. The molecule has 0 aliphatic heterocycles. The Morgan fingerprint density at radius 2 is 1.92 bits per heavy atom. The van der Waals surface area contributed by atoms with Crippen molar-refractivity contribution in [2.24, 2.45) is 4.99 Å². The standard InChI is InChI=1S/C18H26N4OS.HI/c1-5-19-18(22-12-16-21-11-15(4)24-16)20-9-10-23-17-13(2)7-6-8-14(17)3;/h6-8,11H,5,9-10,12H2,1-4H3,(H2,19,20,22);1H. The third-order valence-electron chi connectivity index (χ3n) is 3.44. The number of rotatable bonds is 7. The van der Waals surface area contributed by atoms with Crippen molar-refractivity contribution in [2.75, 3.05) is 19.7 Å². The molecule has 2 rings (SSSR count). The Balaban J connectivity index is 0.00000312. The molecule has 0 saturated carbocycles. The number of guanidine groups is 1. The van der Waals surface area contributed by atoms with Gasteiger partial charge in [-0.2, -0.15) is 0 Å². The third-order valence-corrected chi connectivity index (χ3v) is 4.33. The van der Waals surface area contributed by atoms with Gasteiger partial charge in [0.15, 0.2) is 5.96 Å². The number of aryl methyl sites for hydroxylation is 3. The quantitative estimate of drug-likeness (QED) is 0.277. The summed E-state index contributed by atoms with van der Waals surface area (Å²) in [5, 5.41) is 7.56. The second kappa shape index (κ2) is 11.3. The van der Waals surface area contributed by atoms with E-state index in [0.29, 0.717) is 19.7 Å². The van der Waals surface area contributed by atoms with E-state index in [1.807, 2.05) is 12.3 Å². The van der Waals surface area contributed by atoms with Gasteiger partial charge in [-0.05, 0) is 38.8 Å². The molecule has 5 nitrogen and oxygen atoms in total. The zero-order valence-electron chi connectivity index (χ0n) is 15.3. The third kappa shape index (κ3) is 7.19. The van der Waals surface area contributed by atoms with Crippen LogP contribution in [0.15, 0.2) is 29.4 Å². The van der Waals surface area contributed by atoms with Crippen molar-refractivity contribution in [3.05, 3.63) is 45.4 Å². The summed E-state index contributed by atoms with van der Waals surface area (Å²) in [5.41, 5.74) is 2.32. The summed E-state index contributed by atoms with van der Waals surface area (Å²) in [6.45, 7) is 10.9. The molecule has 25 heavy (non-hydrogen) atoms. The Morgan fingerprint density at radius 3 is 2.52 bits per heavy atom. The monoisotopic (exact) mass is 474 g/mol. The first-order valence-corrected chi connectivity index (χ1v) is 9.04. The second-order valence-corrected chi connectivity index (χ2v) is 6.88. The minimum absolute atomic E-state index is 0. The van der Waals surface area contributed by atoms with Gasteiger partial charge in [-0.3, -0.25) is 0 Å². The van der Waals surface area contributed by atoms with Crippen LogP contribution >= 0.6 is 35.3 Å². The number of ether oxygens (including phenoxy) is 1. The molecule has 1 aromatic carbocycles. The van der Waals surface area contributed by atoms with Crippen LogP contribution in [-0.2, 0) is 6.54 Å². The zero-order valence-corrected chi connectivity index (χ0v) is 18.4. The molecule has 0 unspecified atom stereocenters. The molecule has 2 aromatic rings. The number of hydrogen-bond acceptors (Lipinski definition) is 4. The molecule has 0 saturated heterocycles. The summed E-state index contributed by atoms with van der Waals surface area (Å²) in [4.78, 5) is 10.1. The fourth-order valence-corrected chi connectivity index (χ4v) is 3.02. The molecule has 0 fully saturated rings. The number of halogens is 1. The Kier molecular flexibility index (Phi) is 9.81. The van der Waals surface area contributed by atoms with Crippen molar-refractivity contribution in [1.82, 2.24) is 15.6 Å². The molecule has 0 aliphatic rings. The molecule has 7 heteroatoms. The number of benzene rings is 1. The molecule has 0 bridgehead atoms. The van der Waals surface area contributed by atoms with E-state index in [2.05, 4.69) is 60.4 Å². The summed E-state index contributed by atoms with van der Waals surface area (Å²) in [5.74, 6) is 1.76. The maximum atomic E-state index is 5.91. The minimum Gasteiger partial charge on any atom is -0.491 e. The Bertz CT molecular complexity index is 667. The van der Waals surface area contributed by atoms with Gasteiger partial charge in [0.2, 0.25) is 0 Å². The Hall–Kier alpha value is -1.35. The van der Waals surface area contributed by atoms with E-state index < -0.39 is 0 Å². The van der Waals surface area contributed by atoms with Crippen LogP contribution in [0.25, 0.3) is 0 Å². The fraction of sp³-hybridized carbons (Fsp3) is 0.444. The normalized spacial score (nSPS) is 11.0. The van der Waals surface area contributed by atoms with E-state index in [4.69, 9.17) is 4.74 Å². The summed E-state index contributed by atoms with van der Waals surface area (Å²) in [7, 11) is 0. The van der Waals surface area contributed by atoms with Crippen molar-refractivity contribution < 1.29 is 4.74 Å². The Morgan fingerprint density at radius 1 is 1.20 bits per heavy atom. The molecule has 138 valence electrons. The number of nitrogens with one attached hydrogen (secondary N) is 2. The van der Waals surface area contributed by atoms with E-state index in [-0.39, 0.29) is 24.0 Å². The smallest absolute Gasteiger partial charge is 0.191 e. The number of thiazole rings is 1. The first kappa shape index (κ1) is 21.7. The highest BCUT2D eigenvalue weighted by atomic mass is 127. The van der Waals surface area contributed by atoms with Crippen LogP contribution in [0.3, 0.4) is 0 Å². The van der Waals surface area contributed by atoms with Gasteiger partial charge in [0.05, 0.1) is 13.1 Å². The van der Waals surface area contributed by atoms with Crippen LogP contribution in [0.5, 0.6) is 5.75 Å². The van der Waals surface area contributed by atoms with Gasteiger partial charge in [-0.1, -0.05) is 18.2 Å². The van der Waals surface area contributed by atoms with Crippen molar-refractivity contribution in [3.8, 4) is 5.75 Å². The average Bonchev–Trinajstić information content (AvgIpc) is 2.96. The maximum Gasteiger partial charge on any atom is 0.191 e. The van der Waals surface area contributed by atoms with Gasteiger partial charge in [0, 0.05) is 17.6 Å². The second-order valence-electron chi connectivity index (χ2n) is 5.56. The van der Waals surface area contributed by atoms with Gasteiger partial charge in [0.25, 0.3) is 0 Å². The SMILES string of the molecule is CCNC(=NCc1ncc(C)s1)NCCOc1c(C)cccc1C.I. The summed E-state index contributed by atoms with van der Waals surface area (Å²) in [6.07, 6.45) is 1.88. The topological polar surface area (TPSA) is 58.5 Å². The highest BCUT2D eigenvalue weighted by molar-refractivity contribution is 14.0. The summed E-state index contributed by atoms with van der Waals surface area (Å²) >= 11 is 1.68. The van der Waals surface area contributed by atoms with E-state index in [9.17, 15) is 0 Å².